The molecule has 3 aliphatic rings. The molecule has 1 saturated heterocycles. The van der Waals surface area contributed by atoms with Crippen molar-refractivity contribution in [3.63, 3.8) is 0 Å². The minimum Gasteiger partial charge on any atom is -0.441 e. The minimum absolute atomic E-state index is 0.0218. The number of hydrogen-bond donors (Lipinski definition) is 1. The highest BCUT2D eigenvalue weighted by Crippen LogP contribution is 2.59. The predicted octanol–water partition coefficient (Wildman–Crippen LogP) is 3.18. The Hall–Kier alpha value is -3.43. The number of rotatable bonds is 3. The van der Waals surface area contributed by atoms with Crippen molar-refractivity contribution in [1.29, 1.82) is 5.26 Å². The number of carbonyl (C=O) groups excluding carboxylic acids is 2. The first kappa shape index (κ1) is 17.7. The smallest absolute Gasteiger partial charge is 0.351 e. The zero-order valence-corrected chi connectivity index (χ0v) is 15.6. The highest BCUT2D eigenvalue weighted by molar-refractivity contribution is 5.99. The van der Waals surface area contributed by atoms with Crippen molar-refractivity contribution in [2.24, 2.45) is 0 Å². The maximum atomic E-state index is 12.8. The van der Waals surface area contributed by atoms with E-state index >= 15 is 0 Å². The highest BCUT2D eigenvalue weighted by atomic mass is 16.8. The molecule has 6 nitrogen and oxygen atoms in total. The number of esters is 1. The van der Waals surface area contributed by atoms with Gasteiger partial charge in [0, 0.05) is 18.4 Å². The quantitative estimate of drug-likeness (QED) is 0.643. The fourth-order valence-corrected chi connectivity index (χ4v) is 4.37. The number of ketones is 1. The number of ether oxygens (including phenoxy) is 2. The predicted molar refractivity (Wildman–Crippen MR) is 102 cm³/mol. The molecule has 0 saturated carbocycles. The van der Waals surface area contributed by atoms with E-state index < -0.39 is 23.3 Å². The Labute approximate surface area is 167 Å². The molecule has 2 aliphatic heterocycles. The molecule has 2 aromatic rings. The Bertz CT molecular complexity index is 1070. The molecule has 2 aromatic carbocycles. The Morgan fingerprint density at radius 3 is 2.48 bits per heavy atom. The summed E-state index contributed by atoms with van der Waals surface area (Å²) in [6.07, 6.45) is 1.66. The lowest BCUT2D eigenvalue weighted by molar-refractivity contribution is -0.136. The molecule has 0 bridgehead atoms. The molecular formula is C23H18N2O4. The van der Waals surface area contributed by atoms with Crippen LogP contribution in [0.3, 0.4) is 0 Å². The minimum atomic E-state index is -1.61. The van der Waals surface area contributed by atoms with Gasteiger partial charge in [-0.05, 0) is 24.1 Å². The van der Waals surface area contributed by atoms with Crippen LogP contribution in [-0.4, -0.2) is 23.2 Å². The van der Waals surface area contributed by atoms with Crippen LogP contribution in [0, 0.1) is 11.3 Å². The Morgan fingerprint density at radius 1 is 1.10 bits per heavy atom. The van der Waals surface area contributed by atoms with E-state index in [0.29, 0.717) is 36.2 Å². The monoisotopic (exact) mass is 386 g/mol. The lowest BCUT2D eigenvalue weighted by atomic mass is 9.73. The van der Waals surface area contributed by atoms with Crippen LogP contribution < -0.4 is 5.32 Å². The second-order valence-corrected chi connectivity index (χ2v) is 7.48. The molecule has 2 heterocycles. The first-order chi connectivity index (χ1) is 14.1. The molecule has 0 radical (unpaired) electrons. The van der Waals surface area contributed by atoms with Crippen molar-refractivity contribution in [1.82, 2.24) is 5.32 Å². The van der Waals surface area contributed by atoms with Crippen LogP contribution in [-0.2, 0) is 14.3 Å². The topological polar surface area (TPSA) is 98.3 Å². The van der Waals surface area contributed by atoms with E-state index in [0.717, 1.165) is 5.56 Å². The molecule has 3 atom stereocenters. The van der Waals surface area contributed by atoms with Crippen LogP contribution in [0.25, 0.3) is 0 Å². The van der Waals surface area contributed by atoms with Crippen LogP contribution >= 0.6 is 0 Å². The average Bonchev–Trinajstić information content (AvgIpc) is 3.41. The number of hydrogen-bond acceptors (Lipinski definition) is 6. The number of allylic oxidation sites excluding steroid dienone is 1. The van der Waals surface area contributed by atoms with E-state index in [1.807, 2.05) is 30.3 Å². The largest absolute Gasteiger partial charge is 0.441 e. The molecule has 3 unspecified atom stereocenters. The van der Waals surface area contributed by atoms with Crippen molar-refractivity contribution in [3.05, 3.63) is 83.1 Å². The van der Waals surface area contributed by atoms with Gasteiger partial charge in [0.05, 0.1) is 17.6 Å². The molecule has 1 N–H and O–H groups in total. The van der Waals surface area contributed by atoms with Crippen molar-refractivity contribution in [3.8, 4) is 6.07 Å². The molecular weight excluding hydrogens is 368 g/mol. The zero-order valence-electron chi connectivity index (χ0n) is 15.6. The van der Waals surface area contributed by atoms with E-state index in [2.05, 4.69) is 11.4 Å². The molecule has 0 aromatic heterocycles. The number of nitrogens with one attached hydrogen (secondary N) is 1. The van der Waals surface area contributed by atoms with Gasteiger partial charge in [-0.15, -0.1) is 0 Å². The number of fused-ring (bicyclic) bond motifs is 1. The highest BCUT2D eigenvalue weighted by Gasteiger charge is 2.82. The second kappa shape index (κ2) is 6.29. The summed E-state index contributed by atoms with van der Waals surface area (Å²) in [5.74, 6) is -2.29. The van der Waals surface area contributed by atoms with Gasteiger partial charge < -0.3 is 9.47 Å². The first-order valence-corrected chi connectivity index (χ1v) is 9.59. The van der Waals surface area contributed by atoms with Crippen LogP contribution in [0.1, 0.15) is 41.1 Å². The van der Waals surface area contributed by atoms with Crippen molar-refractivity contribution < 1.29 is 19.1 Å². The van der Waals surface area contributed by atoms with Gasteiger partial charge in [-0.3, -0.25) is 4.79 Å². The van der Waals surface area contributed by atoms with Crippen molar-refractivity contribution >= 4 is 11.8 Å². The van der Waals surface area contributed by atoms with Gasteiger partial charge in [-0.2, -0.15) is 5.26 Å². The number of nitriles is 1. The maximum Gasteiger partial charge on any atom is 0.351 e. The van der Waals surface area contributed by atoms with E-state index in [4.69, 9.17) is 9.47 Å². The number of Topliss-reactive ketones (excluding diaryl/α,β-unsaturated/α-hetero) is 1. The summed E-state index contributed by atoms with van der Waals surface area (Å²) >= 11 is 0. The van der Waals surface area contributed by atoms with E-state index in [-0.39, 0.29) is 5.78 Å². The van der Waals surface area contributed by atoms with Gasteiger partial charge in [-0.1, -0.05) is 48.5 Å². The number of benzene rings is 2. The van der Waals surface area contributed by atoms with Gasteiger partial charge in [0.2, 0.25) is 5.54 Å². The van der Waals surface area contributed by atoms with Gasteiger partial charge in [-0.25, -0.2) is 10.1 Å². The first-order valence-electron chi connectivity index (χ1n) is 9.59. The average molecular weight is 386 g/mol. The van der Waals surface area contributed by atoms with Crippen LogP contribution in [0.5, 0.6) is 0 Å². The van der Waals surface area contributed by atoms with Crippen LogP contribution in [0.2, 0.25) is 0 Å². The van der Waals surface area contributed by atoms with Crippen molar-refractivity contribution in [2.75, 3.05) is 0 Å². The molecule has 1 fully saturated rings. The van der Waals surface area contributed by atoms with Gasteiger partial charge in [0.1, 0.15) is 5.76 Å². The summed E-state index contributed by atoms with van der Waals surface area (Å²) in [6.45, 7) is 0. The third kappa shape index (κ3) is 2.51. The lowest BCUT2D eigenvalue weighted by Gasteiger charge is -2.35. The third-order valence-electron chi connectivity index (χ3n) is 5.77. The maximum absolute atomic E-state index is 12.8. The SMILES string of the molecule is N#CC12NC1(OC(=O)c1ccccc1)OC1=C(C(=O)CCC1)C2c1ccccc1. The van der Waals surface area contributed by atoms with Crippen molar-refractivity contribution in [2.45, 2.75) is 36.6 Å². The molecule has 0 amide bonds. The third-order valence-corrected chi connectivity index (χ3v) is 5.77. The fourth-order valence-electron chi connectivity index (χ4n) is 4.37. The van der Waals surface area contributed by atoms with Crippen LogP contribution in [0.4, 0.5) is 0 Å². The molecule has 0 spiro atoms. The summed E-state index contributed by atoms with van der Waals surface area (Å²) < 4.78 is 11.8. The van der Waals surface area contributed by atoms with Crippen LogP contribution in [0.15, 0.2) is 72.0 Å². The molecule has 144 valence electrons. The molecule has 29 heavy (non-hydrogen) atoms. The number of nitrogens with zero attached hydrogens (tertiary/aromatic N) is 1. The summed E-state index contributed by atoms with van der Waals surface area (Å²) in [5.41, 5.74) is 0.331. The fraction of sp³-hybridized carbons (Fsp3) is 0.261. The lowest BCUT2D eigenvalue weighted by Crippen LogP contribution is -2.44. The molecule has 1 aliphatic carbocycles. The normalized spacial score (nSPS) is 29.8. The zero-order chi connectivity index (χ0) is 20.1. The summed E-state index contributed by atoms with van der Waals surface area (Å²) in [7, 11) is 0. The van der Waals surface area contributed by atoms with E-state index in [9.17, 15) is 14.9 Å². The summed E-state index contributed by atoms with van der Waals surface area (Å²) in [4.78, 5) is 25.5. The molecule has 6 heteroatoms. The summed E-state index contributed by atoms with van der Waals surface area (Å²) in [6, 6.07) is 20.2. The summed E-state index contributed by atoms with van der Waals surface area (Å²) in [5, 5.41) is 13.1. The van der Waals surface area contributed by atoms with Gasteiger partial charge >= 0.3 is 11.9 Å². The van der Waals surface area contributed by atoms with Gasteiger partial charge in [0.25, 0.3) is 0 Å². The Balaban J connectivity index is 1.60. The molecule has 5 rings (SSSR count). The van der Waals surface area contributed by atoms with E-state index in [1.54, 1.807) is 30.3 Å². The Morgan fingerprint density at radius 2 is 1.79 bits per heavy atom. The number of carbonyl (C=O) groups is 2. The second-order valence-electron chi connectivity index (χ2n) is 7.48. The standard InChI is InChI=1S/C23H18N2O4/c24-14-22-20(15-8-3-1-4-9-15)19-17(26)12-7-13-18(19)28-23(22,25-22)29-21(27)16-10-5-2-6-11-16/h1-6,8-11,20,25H,7,12-13H2. The van der Waals surface area contributed by atoms with E-state index in [1.165, 1.54) is 0 Å². The van der Waals surface area contributed by atoms with Gasteiger partial charge in [0.15, 0.2) is 5.78 Å². The Kier molecular flexibility index (Phi) is 3.83.